The molecular formula is C11H12N4O. The van der Waals surface area contributed by atoms with Crippen LogP contribution in [0.4, 0.5) is 5.69 Å². The maximum absolute atomic E-state index is 11.5. The first kappa shape index (κ1) is 11.9. The van der Waals surface area contributed by atoms with Crippen molar-refractivity contribution < 1.29 is 4.79 Å². The molecule has 0 saturated carbocycles. The summed E-state index contributed by atoms with van der Waals surface area (Å²) in [6.07, 6.45) is 0. The Bertz CT molecular complexity index is 499. The number of hydrogen-bond donors (Lipinski definition) is 0. The first-order valence-corrected chi connectivity index (χ1v) is 4.77. The fraction of sp³-hybridized carbons (Fsp3) is 0.273. The van der Waals surface area contributed by atoms with Gasteiger partial charge in [-0.3, -0.25) is 9.79 Å². The highest BCUT2D eigenvalue weighted by Gasteiger charge is 2.09. The molecule has 82 valence electrons. The molecule has 0 fully saturated rings. The van der Waals surface area contributed by atoms with Crippen molar-refractivity contribution >= 4 is 17.3 Å². The Balaban J connectivity index is 3.34. The van der Waals surface area contributed by atoms with Crippen molar-refractivity contribution in [3.63, 3.8) is 0 Å². The molecule has 0 bridgehead atoms. The second-order valence-corrected chi connectivity index (χ2v) is 3.37. The average Bonchev–Trinajstić information content (AvgIpc) is 2.17. The maximum atomic E-state index is 11.5. The van der Waals surface area contributed by atoms with Crippen LogP contribution in [0.3, 0.4) is 0 Å². The molecule has 0 saturated heterocycles. The van der Waals surface area contributed by atoms with Crippen LogP contribution in [0, 0.1) is 6.92 Å². The highest BCUT2D eigenvalue weighted by Crippen LogP contribution is 2.23. The van der Waals surface area contributed by atoms with Crippen LogP contribution in [0.15, 0.2) is 28.3 Å². The number of aryl methyl sites for hydroxylation is 1. The van der Waals surface area contributed by atoms with Crippen LogP contribution in [-0.2, 0) is 0 Å². The largest absolute Gasteiger partial charge is 0.294 e. The Morgan fingerprint density at radius 2 is 2.06 bits per heavy atom. The molecule has 0 amide bonds. The van der Waals surface area contributed by atoms with Crippen LogP contribution in [0.1, 0.15) is 29.8 Å². The molecule has 0 unspecified atom stereocenters. The fourth-order valence-electron chi connectivity index (χ4n) is 1.46. The van der Waals surface area contributed by atoms with Crippen LogP contribution >= 0.6 is 0 Å². The van der Waals surface area contributed by atoms with Crippen molar-refractivity contribution in [3.8, 4) is 0 Å². The van der Waals surface area contributed by atoms with Gasteiger partial charge in [0, 0.05) is 10.5 Å². The molecule has 0 aliphatic carbocycles. The lowest BCUT2D eigenvalue weighted by Gasteiger charge is -2.05. The highest BCUT2D eigenvalue weighted by atomic mass is 16.1. The summed E-state index contributed by atoms with van der Waals surface area (Å²) in [6.45, 7) is 4.93. The number of aliphatic imine (C=N–C) groups is 1. The van der Waals surface area contributed by atoms with Crippen LogP contribution in [0.5, 0.6) is 0 Å². The molecule has 1 rings (SSSR count). The van der Waals surface area contributed by atoms with E-state index in [1.807, 2.05) is 19.1 Å². The van der Waals surface area contributed by atoms with E-state index in [1.165, 1.54) is 6.92 Å². The summed E-state index contributed by atoms with van der Waals surface area (Å²) in [4.78, 5) is 18.2. The third kappa shape index (κ3) is 2.68. The lowest BCUT2D eigenvalue weighted by Crippen LogP contribution is -1.97. The molecule has 1 aromatic rings. The zero-order valence-electron chi connectivity index (χ0n) is 9.43. The van der Waals surface area contributed by atoms with E-state index >= 15 is 0 Å². The monoisotopic (exact) mass is 216 g/mol. The number of rotatable bonds is 2. The van der Waals surface area contributed by atoms with Crippen molar-refractivity contribution in [2.45, 2.75) is 20.8 Å². The number of amidine groups is 1. The van der Waals surface area contributed by atoms with Crippen LogP contribution < -0.4 is 0 Å². The third-order valence-electron chi connectivity index (χ3n) is 2.07. The van der Waals surface area contributed by atoms with Crippen LogP contribution in [0.25, 0.3) is 10.4 Å². The molecule has 0 radical (unpaired) electrons. The Kier molecular flexibility index (Phi) is 3.80. The number of Topliss-reactive ketones (excluding diaryl/α,β-unsaturated/α-hetero) is 1. The molecular weight excluding hydrogens is 204 g/mol. The van der Waals surface area contributed by atoms with E-state index in [2.05, 4.69) is 15.0 Å². The van der Waals surface area contributed by atoms with E-state index in [-0.39, 0.29) is 11.6 Å². The van der Waals surface area contributed by atoms with Crippen LogP contribution in [-0.4, -0.2) is 11.6 Å². The van der Waals surface area contributed by atoms with E-state index in [4.69, 9.17) is 5.53 Å². The summed E-state index contributed by atoms with van der Waals surface area (Å²) in [7, 11) is 0. The molecule has 0 spiro atoms. The molecule has 0 aromatic heterocycles. The standard InChI is InChI=1S/C11H12N4O/c1-7-5-4-6-10(11(7)8(2)16)13-9(3)14-15-12/h4-6H,1-3H3. The van der Waals surface area contributed by atoms with E-state index in [1.54, 1.807) is 13.0 Å². The number of carbonyl (C=O) groups is 1. The van der Waals surface area contributed by atoms with Gasteiger partial charge in [0.05, 0.1) is 5.69 Å². The second kappa shape index (κ2) is 5.09. The van der Waals surface area contributed by atoms with Crippen molar-refractivity contribution in [2.24, 2.45) is 10.1 Å². The summed E-state index contributed by atoms with van der Waals surface area (Å²) < 4.78 is 0. The summed E-state index contributed by atoms with van der Waals surface area (Å²) in [6, 6.07) is 5.38. The van der Waals surface area contributed by atoms with Gasteiger partial charge < -0.3 is 0 Å². The molecule has 5 heteroatoms. The highest BCUT2D eigenvalue weighted by molar-refractivity contribution is 6.01. The van der Waals surface area contributed by atoms with Crippen molar-refractivity contribution in [1.82, 2.24) is 0 Å². The number of carbonyl (C=O) groups excluding carboxylic acids is 1. The number of benzene rings is 1. The minimum Gasteiger partial charge on any atom is -0.294 e. The minimum absolute atomic E-state index is 0.0504. The second-order valence-electron chi connectivity index (χ2n) is 3.37. The van der Waals surface area contributed by atoms with Crippen molar-refractivity contribution in [3.05, 3.63) is 39.8 Å². The van der Waals surface area contributed by atoms with Gasteiger partial charge in [0.15, 0.2) is 5.78 Å². The molecule has 0 atom stereocenters. The summed E-state index contributed by atoms with van der Waals surface area (Å²) in [5, 5.41) is 3.37. The lowest BCUT2D eigenvalue weighted by molar-refractivity contribution is 0.101. The first-order valence-electron chi connectivity index (χ1n) is 4.77. The SMILES string of the molecule is CC(=O)c1c(C)cccc1N=C(C)N=[N+]=[N-]. The van der Waals surface area contributed by atoms with Gasteiger partial charge in [-0.05, 0) is 43.0 Å². The van der Waals surface area contributed by atoms with Crippen molar-refractivity contribution in [2.75, 3.05) is 0 Å². The normalized spacial score (nSPS) is 10.8. The average molecular weight is 216 g/mol. The zero-order valence-corrected chi connectivity index (χ0v) is 9.43. The predicted molar refractivity (Wildman–Crippen MR) is 63.1 cm³/mol. The van der Waals surface area contributed by atoms with E-state index in [0.717, 1.165) is 5.56 Å². The molecule has 16 heavy (non-hydrogen) atoms. The fourth-order valence-corrected chi connectivity index (χ4v) is 1.46. The Morgan fingerprint density at radius 3 is 2.62 bits per heavy atom. The van der Waals surface area contributed by atoms with Gasteiger partial charge in [-0.25, -0.2) is 0 Å². The summed E-state index contributed by atoms with van der Waals surface area (Å²) in [5.74, 6) is 0.237. The van der Waals surface area contributed by atoms with Crippen LogP contribution in [0.2, 0.25) is 0 Å². The molecule has 0 N–H and O–H groups in total. The first-order chi connectivity index (χ1) is 7.56. The molecule has 0 aliphatic rings. The van der Waals surface area contributed by atoms with Gasteiger partial charge in [0.1, 0.15) is 5.84 Å². The van der Waals surface area contributed by atoms with Gasteiger partial charge >= 0.3 is 0 Å². The van der Waals surface area contributed by atoms with Gasteiger partial charge in [-0.15, -0.1) is 0 Å². The van der Waals surface area contributed by atoms with Gasteiger partial charge in [-0.2, -0.15) is 0 Å². The molecule has 1 aromatic carbocycles. The third-order valence-corrected chi connectivity index (χ3v) is 2.07. The summed E-state index contributed by atoms with van der Waals surface area (Å²) in [5.41, 5.74) is 10.2. The Morgan fingerprint density at radius 1 is 1.38 bits per heavy atom. The Labute approximate surface area is 93.4 Å². The van der Waals surface area contributed by atoms with Gasteiger partial charge in [0.2, 0.25) is 0 Å². The van der Waals surface area contributed by atoms with E-state index in [9.17, 15) is 4.79 Å². The topological polar surface area (TPSA) is 78.2 Å². The minimum atomic E-state index is -0.0504. The molecule has 0 heterocycles. The number of ketones is 1. The zero-order chi connectivity index (χ0) is 12.1. The van der Waals surface area contributed by atoms with Crippen molar-refractivity contribution in [1.29, 1.82) is 0 Å². The Hall–Kier alpha value is -2.13. The lowest BCUT2D eigenvalue weighted by atomic mass is 10.0. The maximum Gasteiger partial charge on any atom is 0.162 e. The van der Waals surface area contributed by atoms with E-state index in [0.29, 0.717) is 11.3 Å². The number of hydrogen-bond acceptors (Lipinski definition) is 2. The van der Waals surface area contributed by atoms with E-state index < -0.39 is 0 Å². The smallest absolute Gasteiger partial charge is 0.162 e. The van der Waals surface area contributed by atoms with Gasteiger partial charge in [-0.1, -0.05) is 12.1 Å². The summed E-state index contributed by atoms with van der Waals surface area (Å²) >= 11 is 0. The molecule has 0 aliphatic heterocycles. The number of nitrogens with zero attached hydrogens (tertiary/aromatic N) is 4. The van der Waals surface area contributed by atoms with Gasteiger partial charge in [0.25, 0.3) is 0 Å². The predicted octanol–water partition coefficient (Wildman–Crippen LogP) is 3.56. The quantitative estimate of drug-likeness (QED) is 0.186. The number of azide groups is 1. The molecule has 5 nitrogen and oxygen atoms in total.